The van der Waals surface area contributed by atoms with Gasteiger partial charge in [-0.1, -0.05) is 18.2 Å². The molecule has 11 N–H and O–H groups in total. The molecule has 0 saturated carbocycles. The number of benzene rings is 1. The Bertz CT molecular complexity index is 726. The Balaban J connectivity index is 0.000000321. The summed E-state index contributed by atoms with van der Waals surface area (Å²) in [5, 5.41) is 76.7. The van der Waals surface area contributed by atoms with Gasteiger partial charge in [0.25, 0.3) is 5.91 Å². The Hall–Kier alpha value is -1.79. The second-order valence-electron chi connectivity index (χ2n) is 7.37. The number of carbonyl (C=O) groups is 1. The van der Waals surface area contributed by atoms with Crippen LogP contribution >= 0.6 is 0 Å². The lowest BCUT2D eigenvalue weighted by atomic mass is 9.97. The van der Waals surface area contributed by atoms with Gasteiger partial charge < -0.3 is 55.1 Å². The first-order chi connectivity index (χ1) is 15.7. The smallest absolute Gasteiger partial charge is 0.265 e. The van der Waals surface area contributed by atoms with Gasteiger partial charge in [-0.15, -0.1) is 0 Å². The highest BCUT2D eigenvalue weighted by Gasteiger charge is 2.50. The lowest BCUT2D eigenvalue weighted by Gasteiger charge is -2.44. The molecule has 1 amide bonds. The first kappa shape index (κ1) is 27.5. The molecule has 2 aliphatic heterocycles. The van der Waals surface area contributed by atoms with Crippen molar-refractivity contribution < 1.29 is 59.9 Å². The van der Waals surface area contributed by atoms with Crippen LogP contribution in [0.15, 0.2) is 30.3 Å². The Morgan fingerprint density at radius 1 is 0.848 bits per heavy atom. The van der Waals surface area contributed by atoms with E-state index in [1.807, 2.05) is 11.5 Å². The van der Waals surface area contributed by atoms with Crippen molar-refractivity contribution in [3.63, 3.8) is 0 Å². The van der Waals surface area contributed by atoms with Crippen LogP contribution in [-0.4, -0.2) is 121 Å². The number of hydrazine groups is 1. The first-order valence-corrected chi connectivity index (χ1v) is 9.98. The summed E-state index contributed by atoms with van der Waals surface area (Å²) in [6.45, 7) is -1.33. The van der Waals surface area contributed by atoms with Crippen LogP contribution < -0.4 is 11.3 Å². The van der Waals surface area contributed by atoms with Crippen LogP contribution in [0.5, 0.6) is 0 Å². The number of nitrogen functional groups attached to an aromatic ring is 1. The molecule has 0 bridgehead atoms. The molecule has 2 saturated heterocycles. The Kier molecular flexibility index (Phi) is 10.5. The molecular weight excluding hydrogens is 448 g/mol. The number of hydrogen-bond donors (Lipinski definition) is 10. The SMILES string of the molecule is NNC(=O)c1ccccc1.OC[C@H]1O[C@@H](O[C@@H]2[C@@H](O)[C@H](O)[C@@H](CO)O[C@@H]2O)[C@H](O)[C@@H](O)[C@@H]1O. The molecule has 10 atom stereocenters. The lowest BCUT2D eigenvalue weighted by Crippen LogP contribution is -2.64. The molecule has 33 heavy (non-hydrogen) atoms. The van der Waals surface area contributed by atoms with Crippen LogP contribution in [0, 0.1) is 0 Å². The van der Waals surface area contributed by atoms with Gasteiger partial charge in [-0.25, -0.2) is 5.84 Å². The number of nitrogens with one attached hydrogen (secondary N) is 1. The van der Waals surface area contributed by atoms with Crippen LogP contribution in [0.2, 0.25) is 0 Å². The number of amides is 1. The summed E-state index contributed by atoms with van der Waals surface area (Å²) in [7, 11) is 0. The van der Waals surface area contributed by atoms with Crippen molar-refractivity contribution in [2.45, 2.75) is 61.4 Å². The molecule has 2 fully saturated rings. The zero-order valence-electron chi connectivity index (χ0n) is 17.4. The van der Waals surface area contributed by atoms with E-state index >= 15 is 0 Å². The summed E-state index contributed by atoms with van der Waals surface area (Å²) < 4.78 is 15.1. The maximum atomic E-state index is 10.8. The van der Waals surface area contributed by atoms with Crippen molar-refractivity contribution in [2.75, 3.05) is 13.2 Å². The standard InChI is InChI=1S/C12H22O11.C7H8N2O/c13-1-3-6(16)8(18)10(11(20)21-3)23-12-9(19)7(17)5(15)4(2-14)22-12;8-9-7(10)6-4-2-1-3-5-6/h3-20H,1-2H2;1-5H,8H2,(H,9,10)/t3-,4-,5-,6-,7+,8+,9-,10-,11+,12+;/m1./s1. The van der Waals surface area contributed by atoms with E-state index in [0.717, 1.165) is 0 Å². The predicted octanol–water partition coefficient (Wildman–Crippen LogP) is -5.11. The Labute approximate surface area is 188 Å². The summed E-state index contributed by atoms with van der Waals surface area (Å²) in [6.07, 6.45) is -15.6. The third-order valence-electron chi connectivity index (χ3n) is 5.15. The highest BCUT2D eigenvalue weighted by molar-refractivity contribution is 5.93. The number of rotatable bonds is 5. The maximum absolute atomic E-state index is 10.8. The summed E-state index contributed by atoms with van der Waals surface area (Å²) in [5.41, 5.74) is 2.62. The van der Waals surface area contributed by atoms with E-state index in [1.165, 1.54) is 0 Å². The minimum absolute atomic E-state index is 0.263. The number of ether oxygens (including phenoxy) is 3. The predicted molar refractivity (Wildman–Crippen MR) is 107 cm³/mol. The van der Waals surface area contributed by atoms with Gasteiger partial charge in [-0.05, 0) is 12.1 Å². The fourth-order valence-electron chi connectivity index (χ4n) is 3.23. The number of aliphatic hydroxyl groups is 8. The van der Waals surface area contributed by atoms with Crippen molar-refractivity contribution in [1.29, 1.82) is 0 Å². The molecule has 3 rings (SSSR count). The molecule has 0 spiro atoms. The van der Waals surface area contributed by atoms with E-state index in [2.05, 4.69) is 0 Å². The van der Waals surface area contributed by atoms with Crippen LogP contribution in [0.4, 0.5) is 0 Å². The molecule has 1 aromatic rings. The molecule has 1 aromatic carbocycles. The van der Waals surface area contributed by atoms with Gasteiger partial charge >= 0.3 is 0 Å². The molecule has 14 heteroatoms. The summed E-state index contributed by atoms with van der Waals surface area (Å²) >= 11 is 0. The molecule has 2 heterocycles. The minimum atomic E-state index is -1.75. The second-order valence-corrected chi connectivity index (χ2v) is 7.37. The molecular formula is C19H30N2O12. The number of carbonyl (C=O) groups excluding carboxylic acids is 1. The average Bonchev–Trinajstić information content (AvgIpc) is 2.84. The van der Waals surface area contributed by atoms with Gasteiger partial charge in [-0.3, -0.25) is 10.2 Å². The Morgan fingerprint density at radius 3 is 1.94 bits per heavy atom. The van der Waals surface area contributed by atoms with Gasteiger partial charge in [-0.2, -0.15) is 0 Å². The molecule has 2 aliphatic rings. The summed E-state index contributed by atoms with van der Waals surface area (Å²) in [5.74, 6) is 4.64. The highest BCUT2D eigenvalue weighted by atomic mass is 16.7. The van der Waals surface area contributed by atoms with Crippen molar-refractivity contribution in [3.8, 4) is 0 Å². The molecule has 0 aliphatic carbocycles. The Morgan fingerprint density at radius 2 is 1.39 bits per heavy atom. The fourth-order valence-corrected chi connectivity index (χ4v) is 3.23. The summed E-state index contributed by atoms with van der Waals surface area (Å²) in [6, 6.07) is 8.80. The van der Waals surface area contributed by atoms with Crippen LogP contribution in [0.1, 0.15) is 10.4 Å². The van der Waals surface area contributed by atoms with Gasteiger partial charge in [0.05, 0.1) is 13.2 Å². The molecule has 0 radical (unpaired) electrons. The molecule has 14 nitrogen and oxygen atoms in total. The summed E-state index contributed by atoms with van der Waals surface area (Å²) in [4.78, 5) is 10.8. The van der Waals surface area contributed by atoms with Crippen molar-refractivity contribution >= 4 is 5.91 Å². The maximum Gasteiger partial charge on any atom is 0.265 e. The number of aliphatic hydroxyl groups excluding tert-OH is 8. The van der Waals surface area contributed by atoms with Crippen molar-refractivity contribution in [1.82, 2.24) is 5.43 Å². The van der Waals surface area contributed by atoms with Crippen molar-refractivity contribution in [3.05, 3.63) is 35.9 Å². The largest absolute Gasteiger partial charge is 0.394 e. The molecule has 0 unspecified atom stereocenters. The van der Waals surface area contributed by atoms with Gasteiger partial charge in [0, 0.05) is 5.56 Å². The van der Waals surface area contributed by atoms with E-state index in [-0.39, 0.29) is 5.91 Å². The number of nitrogens with two attached hydrogens (primary N) is 1. The molecule has 0 aromatic heterocycles. The monoisotopic (exact) mass is 478 g/mol. The van der Waals surface area contributed by atoms with E-state index in [0.29, 0.717) is 5.56 Å². The van der Waals surface area contributed by atoms with Crippen LogP contribution in [0.3, 0.4) is 0 Å². The van der Waals surface area contributed by atoms with E-state index in [1.54, 1.807) is 24.3 Å². The third-order valence-corrected chi connectivity index (χ3v) is 5.15. The van der Waals surface area contributed by atoms with E-state index in [9.17, 15) is 35.4 Å². The van der Waals surface area contributed by atoms with Crippen molar-refractivity contribution in [2.24, 2.45) is 5.84 Å². The average molecular weight is 478 g/mol. The quantitative estimate of drug-likeness (QED) is 0.108. The topological polar surface area (TPSA) is 245 Å². The highest BCUT2D eigenvalue weighted by Crippen LogP contribution is 2.28. The molecule has 188 valence electrons. The fraction of sp³-hybridized carbons (Fsp3) is 0.632. The van der Waals surface area contributed by atoms with Gasteiger partial charge in [0.15, 0.2) is 12.6 Å². The second kappa shape index (κ2) is 12.6. The zero-order valence-corrected chi connectivity index (χ0v) is 17.4. The normalized spacial score (nSPS) is 38.7. The number of hydrogen-bond acceptors (Lipinski definition) is 13. The van der Waals surface area contributed by atoms with Crippen LogP contribution in [0.25, 0.3) is 0 Å². The van der Waals surface area contributed by atoms with Gasteiger partial charge in [0.2, 0.25) is 0 Å². The minimum Gasteiger partial charge on any atom is -0.394 e. The first-order valence-electron chi connectivity index (χ1n) is 9.98. The third kappa shape index (κ3) is 6.63. The van der Waals surface area contributed by atoms with E-state index < -0.39 is 74.6 Å². The lowest BCUT2D eigenvalue weighted by molar-refractivity contribution is -0.361. The van der Waals surface area contributed by atoms with Crippen LogP contribution in [-0.2, 0) is 14.2 Å². The van der Waals surface area contributed by atoms with Gasteiger partial charge in [0.1, 0.15) is 48.8 Å². The van der Waals surface area contributed by atoms with E-state index in [4.69, 9.17) is 30.3 Å². The zero-order chi connectivity index (χ0) is 24.7.